The lowest BCUT2D eigenvalue weighted by molar-refractivity contribution is 0.590. The molecule has 0 aliphatic carbocycles. The second kappa shape index (κ2) is 6.86. The van der Waals surface area contributed by atoms with E-state index >= 15 is 0 Å². The predicted octanol–water partition coefficient (Wildman–Crippen LogP) is 5.24. The molecule has 3 heteroatoms. The summed E-state index contributed by atoms with van der Waals surface area (Å²) in [6.07, 6.45) is 2.19. The summed E-state index contributed by atoms with van der Waals surface area (Å²) in [6.45, 7) is 8.93. The van der Waals surface area contributed by atoms with Crippen molar-refractivity contribution >= 4 is 23.3 Å². The van der Waals surface area contributed by atoms with Gasteiger partial charge in [-0.2, -0.15) is 0 Å². The molecule has 0 radical (unpaired) electrons. The normalized spacial score (nSPS) is 14.7. The van der Waals surface area contributed by atoms with Crippen LogP contribution >= 0.6 is 12.4 Å². The first kappa shape index (κ1) is 18.0. The third kappa shape index (κ3) is 3.33. The van der Waals surface area contributed by atoms with Gasteiger partial charge in [-0.15, -0.1) is 12.4 Å². The molecule has 0 atom stereocenters. The highest BCUT2D eigenvalue weighted by atomic mass is 35.5. The number of benzene rings is 2. The lowest BCUT2D eigenvalue weighted by atomic mass is 9.86. The molecule has 0 saturated heterocycles. The number of aromatic amines is 1. The zero-order valence-corrected chi connectivity index (χ0v) is 16.1. The first-order chi connectivity index (χ1) is 11.5. The van der Waals surface area contributed by atoms with Crippen LogP contribution in [0, 0.1) is 0 Å². The summed E-state index contributed by atoms with van der Waals surface area (Å²) < 4.78 is 0. The number of halogens is 1. The molecule has 2 heterocycles. The lowest BCUT2D eigenvalue weighted by Crippen LogP contribution is -2.16. The minimum Gasteiger partial charge on any atom is -0.358 e. The van der Waals surface area contributed by atoms with E-state index in [0.29, 0.717) is 0 Å². The maximum atomic E-state index is 3.66. The lowest BCUT2D eigenvalue weighted by Gasteiger charge is -2.19. The smallest absolute Gasteiger partial charge is 0.0465 e. The van der Waals surface area contributed by atoms with E-state index < -0.39 is 0 Å². The van der Waals surface area contributed by atoms with E-state index in [2.05, 4.69) is 73.5 Å². The van der Waals surface area contributed by atoms with Crippen molar-refractivity contribution in [3.63, 3.8) is 0 Å². The van der Waals surface area contributed by atoms with Crippen molar-refractivity contribution in [2.45, 2.75) is 39.0 Å². The standard InChI is InChI=1S/C22H26N2.ClH/c1-22(2,3)16-9-7-15(8-10-16)17-5-4-6-20-21(17)18-11-13-23-14-12-19(18)24-20;/h4-10,23-24H,11-14H2,1-3H3;1H. The summed E-state index contributed by atoms with van der Waals surface area (Å²) in [6, 6.07) is 15.8. The van der Waals surface area contributed by atoms with Gasteiger partial charge >= 0.3 is 0 Å². The Morgan fingerprint density at radius 3 is 2.32 bits per heavy atom. The monoisotopic (exact) mass is 354 g/mol. The molecule has 0 saturated carbocycles. The number of fused-ring (bicyclic) bond motifs is 3. The molecular weight excluding hydrogens is 328 g/mol. The fourth-order valence-electron chi connectivity index (χ4n) is 3.80. The molecule has 2 aromatic carbocycles. The third-order valence-electron chi connectivity index (χ3n) is 5.18. The van der Waals surface area contributed by atoms with Crippen molar-refractivity contribution in [2.24, 2.45) is 0 Å². The second-order valence-electron chi connectivity index (χ2n) is 7.89. The number of aromatic nitrogens is 1. The minimum absolute atomic E-state index is 0. The van der Waals surface area contributed by atoms with Gasteiger partial charge in [0.15, 0.2) is 0 Å². The van der Waals surface area contributed by atoms with Crippen molar-refractivity contribution in [3.8, 4) is 11.1 Å². The van der Waals surface area contributed by atoms with Gasteiger partial charge in [-0.25, -0.2) is 0 Å². The van der Waals surface area contributed by atoms with Crippen LogP contribution in [0.3, 0.4) is 0 Å². The maximum Gasteiger partial charge on any atom is 0.0465 e. The zero-order valence-electron chi connectivity index (χ0n) is 15.3. The summed E-state index contributed by atoms with van der Waals surface area (Å²) in [5.41, 5.74) is 8.44. The van der Waals surface area contributed by atoms with Crippen LogP contribution in [0.5, 0.6) is 0 Å². The summed E-state index contributed by atoms with van der Waals surface area (Å²) in [7, 11) is 0. The first-order valence-corrected chi connectivity index (χ1v) is 8.98. The molecule has 0 fully saturated rings. The number of hydrogen-bond acceptors (Lipinski definition) is 1. The SMILES string of the molecule is CC(C)(C)c1ccc(-c2cccc3[nH]c4c(c23)CCNCC4)cc1.Cl. The molecule has 25 heavy (non-hydrogen) atoms. The highest BCUT2D eigenvalue weighted by Gasteiger charge is 2.18. The predicted molar refractivity (Wildman–Crippen MR) is 110 cm³/mol. The second-order valence-corrected chi connectivity index (χ2v) is 7.89. The van der Waals surface area contributed by atoms with E-state index in [1.807, 2.05) is 0 Å². The molecule has 0 bridgehead atoms. The third-order valence-corrected chi connectivity index (χ3v) is 5.18. The molecule has 0 amide bonds. The quantitative estimate of drug-likeness (QED) is 0.614. The van der Waals surface area contributed by atoms with Crippen LogP contribution in [-0.4, -0.2) is 18.1 Å². The van der Waals surface area contributed by atoms with Gasteiger partial charge in [-0.05, 0) is 46.7 Å². The van der Waals surface area contributed by atoms with Gasteiger partial charge in [0.1, 0.15) is 0 Å². The van der Waals surface area contributed by atoms with E-state index in [4.69, 9.17) is 0 Å². The largest absolute Gasteiger partial charge is 0.358 e. The van der Waals surface area contributed by atoms with Crippen LogP contribution in [0.25, 0.3) is 22.0 Å². The van der Waals surface area contributed by atoms with Crippen molar-refractivity contribution in [2.75, 3.05) is 13.1 Å². The van der Waals surface area contributed by atoms with E-state index in [0.717, 1.165) is 25.9 Å². The van der Waals surface area contributed by atoms with Crippen molar-refractivity contribution in [1.82, 2.24) is 10.3 Å². The van der Waals surface area contributed by atoms with Crippen LogP contribution in [0.15, 0.2) is 42.5 Å². The van der Waals surface area contributed by atoms with Gasteiger partial charge in [-0.3, -0.25) is 0 Å². The van der Waals surface area contributed by atoms with Gasteiger partial charge in [0.25, 0.3) is 0 Å². The number of nitrogens with one attached hydrogen (secondary N) is 2. The topological polar surface area (TPSA) is 27.8 Å². The van der Waals surface area contributed by atoms with Crippen LogP contribution in [0.1, 0.15) is 37.6 Å². The van der Waals surface area contributed by atoms with Crippen LogP contribution < -0.4 is 5.32 Å². The van der Waals surface area contributed by atoms with Crippen molar-refractivity contribution in [3.05, 3.63) is 59.3 Å². The van der Waals surface area contributed by atoms with E-state index in [1.54, 1.807) is 0 Å². The van der Waals surface area contributed by atoms with Crippen LogP contribution in [0.2, 0.25) is 0 Å². The van der Waals surface area contributed by atoms with Crippen LogP contribution in [-0.2, 0) is 18.3 Å². The van der Waals surface area contributed by atoms with E-state index in [1.165, 1.54) is 38.9 Å². The van der Waals surface area contributed by atoms with E-state index in [-0.39, 0.29) is 17.8 Å². The molecule has 132 valence electrons. The molecule has 0 unspecified atom stereocenters. The molecule has 1 aliphatic rings. The Morgan fingerprint density at radius 2 is 1.60 bits per heavy atom. The summed E-state index contributed by atoms with van der Waals surface area (Å²) in [4.78, 5) is 3.66. The van der Waals surface area contributed by atoms with Gasteiger partial charge < -0.3 is 10.3 Å². The maximum absolute atomic E-state index is 3.66. The number of hydrogen-bond donors (Lipinski definition) is 2. The summed E-state index contributed by atoms with van der Waals surface area (Å²) in [5, 5.41) is 4.92. The highest BCUT2D eigenvalue weighted by molar-refractivity contribution is 5.98. The molecule has 1 aliphatic heterocycles. The molecule has 2 nitrogen and oxygen atoms in total. The van der Waals surface area contributed by atoms with Gasteiger partial charge in [-0.1, -0.05) is 57.2 Å². The summed E-state index contributed by atoms with van der Waals surface area (Å²) in [5.74, 6) is 0. The number of H-pyrrole nitrogens is 1. The Kier molecular flexibility index (Phi) is 4.95. The molecule has 3 aromatic rings. The Labute approximate surface area is 156 Å². The summed E-state index contributed by atoms with van der Waals surface area (Å²) >= 11 is 0. The van der Waals surface area contributed by atoms with Crippen molar-refractivity contribution in [1.29, 1.82) is 0 Å². The molecular formula is C22H27ClN2. The number of rotatable bonds is 1. The Hall–Kier alpha value is -1.77. The molecule has 4 rings (SSSR count). The molecule has 0 spiro atoms. The average molecular weight is 355 g/mol. The van der Waals surface area contributed by atoms with Crippen LogP contribution in [0.4, 0.5) is 0 Å². The van der Waals surface area contributed by atoms with Gasteiger partial charge in [0, 0.05) is 29.6 Å². The average Bonchev–Trinajstić information content (AvgIpc) is 2.76. The van der Waals surface area contributed by atoms with Gasteiger partial charge in [0.2, 0.25) is 0 Å². The van der Waals surface area contributed by atoms with E-state index in [9.17, 15) is 0 Å². The Balaban J connectivity index is 0.00000182. The fraction of sp³-hybridized carbons (Fsp3) is 0.364. The molecule has 2 N–H and O–H groups in total. The van der Waals surface area contributed by atoms with Crippen molar-refractivity contribution < 1.29 is 0 Å². The fourth-order valence-corrected chi connectivity index (χ4v) is 3.80. The first-order valence-electron chi connectivity index (χ1n) is 8.98. The minimum atomic E-state index is 0. The Morgan fingerprint density at radius 1 is 0.880 bits per heavy atom. The zero-order chi connectivity index (χ0) is 16.7. The van der Waals surface area contributed by atoms with Gasteiger partial charge in [0.05, 0.1) is 0 Å². The Bertz CT molecular complexity index is 869. The highest BCUT2D eigenvalue weighted by Crippen LogP contribution is 2.35. The molecule has 1 aromatic heterocycles.